The summed E-state index contributed by atoms with van der Waals surface area (Å²) < 4.78 is 31.3. The average Bonchev–Trinajstić information content (AvgIpc) is 2.46. The summed E-state index contributed by atoms with van der Waals surface area (Å²) in [5.41, 5.74) is 1.09. The topological polar surface area (TPSA) is 110 Å². The van der Waals surface area contributed by atoms with Crippen molar-refractivity contribution in [2.75, 3.05) is 12.4 Å². The van der Waals surface area contributed by atoms with Crippen LogP contribution in [0.4, 0.5) is 10.7 Å². The van der Waals surface area contributed by atoms with Crippen LogP contribution >= 0.6 is 0 Å². The SMILES string of the molecule is COc1cc(C)nc(NC(=O)NS(=O)(=O)c2ccccc2C)n1. The summed E-state index contributed by atoms with van der Waals surface area (Å²) in [6.45, 7) is 3.33. The predicted molar refractivity (Wildman–Crippen MR) is 83.8 cm³/mol. The fourth-order valence-corrected chi connectivity index (χ4v) is 3.02. The number of aromatic nitrogens is 2. The number of aryl methyl sites for hydroxylation is 2. The molecule has 0 atom stereocenters. The van der Waals surface area contributed by atoms with E-state index in [0.717, 1.165) is 0 Å². The van der Waals surface area contributed by atoms with Crippen molar-refractivity contribution >= 4 is 22.0 Å². The third-order valence-corrected chi connectivity index (χ3v) is 4.37. The van der Waals surface area contributed by atoms with Crippen molar-refractivity contribution in [3.8, 4) is 5.88 Å². The number of sulfonamides is 1. The molecule has 122 valence electrons. The molecule has 2 rings (SSSR count). The molecule has 0 aliphatic heterocycles. The number of methoxy groups -OCH3 is 1. The number of ether oxygens (including phenoxy) is 1. The second-order valence-electron chi connectivity index (χ2n) is 4.70. The predicted octanol–water partition coefficient (Wildman–Crippen LogP) is 1.61. The number of benzene rings is 1. The molecule has 9 heteroatoms. The molecule has 0 saturated carbocycles. The van der Waals surface area contributed by atoms with Crippen LogP contribution in [-0.4, -0.2) is 31.5 Å². The molecule has 2 amide bonds. The lowest BCUT2D eigenvalue weighted by Crippen LogP contribution is -2.35. The van der Waals surface area contributed by atoms with Crippen LogP contribution < -0.4 is 14.8 Å². The zero-order valence-corrected chi connectivity index (χ0v) is 13.6. The molecule has 2 N–H and O–H groups in total. The highest BCUT2D eigenvalue weighted by Gasteiger charge is 2.20. The number of carbonyl (C=O) groups excluding carboxylic acids is 1. The highest BCUT2D eigenvalue weighted by Crippen LogP contribution is 2.14. The van der Waals surface area contributed by atoms with Crippen molar-refractivity contribution in [2.24, 2.45) is 0 Å². The average molecular weight is 336 g/mol. The number of carbonyl (C=O) groups is 1. The third-order valence-electron chi connectivity index (χ3n) is 2.88. The number of nitrogens with zero attached hydrogens (tertiary/aromatic N) is 2. The van der Waals surface area contributed by atoms with Gasteiger partial charge in [-0.25, -0.2) is 22.9 Å². The first-order valence-electron chi connectivity index (χ1n) is 6.61. The second kappa shape index (κ2) is 6.61. The van der Waals surface area contributed by atoms with Gasteiger partial charge < -0.3 is 4.74 Å². The fourth-order valence-electron chi connectivity index (χ4n) is 1.86. The van der Waals surface area contributed by atoms with E-state index in [4.69, 9.17) is 4.74 Å². The lowest BCUT2D eigenvalue weighted by molar-refractivity contribution is 0.256. The first-order chi connectivity index (χ1) is 10.8. The summed E-state index contributed by atoms with van der Waals surface area (Å²) in [7, 11) is -2.56. The number of anilines is 1. The number of amides is 2. The van der Waals surface area contributed by atoms with Gasteiger partial charge in [-0.2, -0.15) is 4.98 Å². The van der Waals surface area contributed by atoms with Gasteiger partial charge in [0.15, 0.2) is 0 Å². The van der Waals surface area contributed by atoms with Crippen molar-refractivity contribution in [2.45, 2.75) is 18.7 Å². The molecule has 1 aromatic carbocycles. The Hall–Kier alpha value is -2.68. The van der Waals surface area contributed by atoms with E-state index in [1.807, 2.05) is 4.72 Å². The van der Waals surface area contributed by atoms with Crippen LogP contribution in [0.5, 0.6) is 5.88 Å². The van der Waals surface area contributed by atoms with Crippen LogP contribution in [-0.2, 0) is 10.0 Å². The number of urea groups is 1. The number of nitrogens with one attached hydrogen (secondary N) is 2. The van der Waals surface area contributed by atoms with Crippen molar-refractivity contribution in [3.05, 3.63) is 41.6 Å². The molecular weight excluding hydrogens is 320 g/mol. The molecule has 0 bridgehead atoms. The Bertz CT molecular complexity index is 836. The van der Waals surface area contributed by atoms with Crippen LogP contribution in [0, 0.1) is 13.8 Å². The molecule has 0 saturated heterocycles. The van der Waals surface area contributed by atoms with Gasteiger partial charge in [0, 0.05) is 11.8 Å². The summed E-state index contributed by atoms with van der Waals surface area (Å²) in [4.78, 5) is 19.8. The molecule has 23 heavy (non-hydrogen) atoms. The fraction of sp³-hybridized carbons (Fsp3) is 0.214. The number of hydrogen-bond acceptors (Lipinski definition) is 6. The van der Waals surface area contributed by atoms with Gasteiger partial charge in [-0.1, -0.05) is 18.2 Å². The highest BCUT2D eigenvalue weighted by molar-refractivity contribution is 7.90. The van der Waals surface area contributed by atoms with Crippen molar-refractivity contribution in [3.63, 3.8) is 0 Å². The van der Waals surface area contributed by atoms with Gasteiger partial charge in [-0.3, -0.25) is 5.32 Å². The zero-order valence-electron chi connectivity index (χ0n) is 12.8. The van der Waals surface area contributed by atoms with E-state index in [9.17, 15) is 13.2 Å². The minimum Gasteiger partial charge on any atom is -0.481 e. The molecule has 1 aromatic heterocycles. The molecule has 0 unspecified atom stereocenters. The first kappa shape index (κ1) is 16.7. The Kier molecular flexibility index (Phi) is 4.80. The van der Waals surface area contributed by atoms with Gasteiger partial charge in [0.25, 0.3) is 10.0 Å². The smallest absolute Gasteiger partial charge is 0.335 e. The highest BCUT2D eigenvalue weighted by atomic mass is 32.2. The Labute approximate surface area is 134 Å². The lowest BCUT2D eigenvalue weighted by atomic mass is 10.2. The Balaban J connectivity index is 2.16. The maximum Gasteiger partial charge on any atom is 0.335 e. The Morgan fingerprint density at radius 1 is 1.17 bits per heavy atom. The summed E-state index contributed by atoms with van der Waals surface area (Å²) in [5.74, 6) is 0.203. The lowest BCUT2D eigenvalue weighted by Gasteiger charge is -2.10. The van der Waals surface area contributed by atoms with Gasteiger partial charge in [-0.15, -0.1) is 0 Å². The van der Waals surface area contributed by atoms with Gasteiger partial charge >= 0.3 is 6.03 Å². The van der Waals surface area contributed by atoms with E-state index < -0.39 is 16.1 Å². The van der Waals surface area contributed by atoms with Crippen LogP contribution in [0.2, 0.25) is 0 Å². The van der Waals surface area contributed by atoms with Gasteiger partial charge in [0.1, 0.15) is 0 Å². The normalized spacial score (nSPS) is 10.9. The molecule has 8 nitrogen and oxygen atoms in total. The minimum atomic E-state index is -3.98. The van der Waals surface area contributed by atoms with Crippen LogP contribution in [0.1, 0.15) is 11.3 Å². The van der Waals surface area contributed by atoms with Crippen molar-refractivity contribution < 1.29 is 17.9 Å². The van der Waals surface area contributed by atoms with Crippen LogP contribution in [0.25, 0.3) is 0 Å². The van der Waals surface area contributed by atoms with E-state index >= 15 is 0 Å². The molecule has 0 fully saturated rings. The molecule has 0 aliphatic rings. The Morgan fingerprint density at radius 2 is 1.87 bits per heavy atom. The van der Waals surface area contributed by atoms with Gasteiger partial charge in [0.2, 0.25) is 11.8 Å². The largest absolute Gasteiger partial charge is 0.481 e. The molecule has 2 aromatic rings. The maximum atomic E-state index is 12.2. The monoisotopic (exact) mass is 336 g/mol. The molecule has 0 radical (unpaired) electrons. The van der Waals surface area contributed by atoms with Crippen LogP contribution in [0.3, 0.4) is 0 Å². The third kappa shape index (κ3) is 4.16. The minimum absolute atomic E-state index is 0.0258. The number of rotatable bonds is 4. The molecular formula is C14H16N4O4S. The molecule has 0 aliphatic carbocycles. The van der Waals surface area contributed by atoms with Crippen molar-refractivity contribution in [1.29, 1.82) is 0 Å². The van der Waals surface area contributed by atoms with Crippen LogP contribution in [0.15, 0.2) is 35.2 Å². The zero-order chi connectivity index (χ0) is 17.0. The molecule has 0 spiro atoms. The van der Waals surface area contributed by atoms with Gasteiger partial charge in [-0.05, 0) is 25.5 Å². The van der Waals surface area contributed by atoms with E-state index in [-0.39, 0.29) is 16.7 Å². The summed E-state index contributed by atoms with van der Waals surface area (Å²) in [6.07, 6.45) is 0. The summed E-state index contributed by atoms with van der Waals surface area (Å²) >= 11 is 0. The number of hydrogen-bond donors (Lipinski definition) is 2. The van der Waals surface area contributed by atoms with Crippen molar-refractivity contribution in [1.82, 2.24) is 14.7 Å². The first-order valence-corrected chi connectivity index (χ1v) is 8.09. The molecule has 1 heterocycles. The summed E-state index contributed by atoms with van der Waals surface area (Å²) in [5, 5.41) is 2.27. The summed E-state index contributed by atoms with van der Waals surface area (Å²) in [6, 6.07) is 6.96. The van der Waals surface area contributed by atoms with E-state index in [0.29, 0.717) is 11.3 Å². The van der Waals surface area contributed by atoms with E-state index in [1.54, 1.807) is 38.1 Å². The standard InChI is InChI=1S/C14H16N4O4S/c1-9-6-4-5-7-11(9)23(20,21)18-14(19)17-13-15-10(2)8-12(16-13)22-3/h4-8H,1-3H3,(H2,15,16,17,18,19). The second-order valence-corrected chi connectivity index (χ2v) is 6.35. The Morgan fingerprint density at radius 3 is 2.52 bits per heavy atom. The van der Waals surface area contributed by atoms with Gasteiger partial charge in [0.05, 0.1) is 12.0 Å². The van der Waals surface area contributed by atoms with E-state index in [1.165, 1.54) is 13.2 Å². The van der Waals surface area contributed by atoms with E-state index in [2.05, 4.69) is 15.3 Å². The maximum absolute atomic E-state index is 12.2. The quantitative estimate of drug-likeness (QED) is 0.877.